The van der Waals surface area contributed by atoms with E-state index in [1.165, 1.54) is 0 Å². The molecule has 0 radical (unpaired) electrons. The number of aromatic nitrogens is 2. The maximum Gasteiger partial charge on any atom is 0.225 e. The maximum atomic E-state index is 5.62. The van der Waals surface area contributed by atoms with Gasteiger partial charge in [0, 0.05) is 12.6 Å². The van der Waals surface area contributed by atoms with Gasteiger partial charge in [-0.3, -0.25) is 0 Å². The summed E-state index contributed by atoms with van der Waals surface area (Å²) in [6.07, 6.45) is 1.55. The summed E-state index contributed by atoms with van der Waals surface area (Å²) in [4.78, 5) is 9.29. The number of rotatable bonds is 5. The topological polar surface area (TPSA) is 47.0 Å². The van der Waals surface area contributed by atoms with Gasteiger partial charge in [0.2, 0.25) is 5.88 Å². The van der Waals surface area contributed by atoms with Crippen molar-refractivity contribution in [2.45, 2.75) is 19.9 Å². The molecule has 0 aliphatic rings. The summed E-state index contributed by atoms with van der Waals surface area (Å²) in [7, 11) is 0. The molecule has 2 aromatic heterocycles. The molecule has 0 saturated carbocycles. The summed E-state index contributed by atoms with van der Waals surface area (Å²) < 4.78 is 5.62. The highest BCUT2D eigenvalue weighted by atomic mass is 32.1. The average Bonchev–Trinajstić information content (AvgIpc) is 2.72. The number of fused-ring (bicyclic) bond motifs is 1. The van der Waals surface area contributed by atoms with Crippen LogP contribution in [-0.4, -0.2) is 29.2 Å². The third-order valence-corrected chi connectivity index (χ3v) is 2.94. The van der Waals surface area contributed by atoms with Gasteiger partial charge in [-0.05, 0) is 11.4 Å². The van der Waals surface area contributed by atoms with Crippen LogP contribution in [0.4, 0.5) is 0 Å². The Morgan fingerprint density at radius 3 is 3.12 bits per heavy atom. The first-order valence-corrected chi connectivity index (χ1v) is 6.19. The average molecular weight is 237 g/mol. The van der Waals surface area contributed by atoms with E-state index in [4.69, 9.17) is 4.74 Å². The van der Waals surface area contributed by atoms with Crippen molar-refractivity contribution in [1.82, 2.24) is 15.3 Å². The zero-order valence-electron chi connectivity index (χ0n) is 9.43. The zero-order valence-corrected chi connectivity index (χ0v) is 10.3. The summed E-state index contributed by atoms with van der Waals surface area (Å²) in [6.45, 7) is 5.68. The molecule has 1 N–H and O–H groups in total. The monoisotopic (exact) mass is 237 g/mol. The van der Waals surface area contributed by atoms with Crippen molar-refractivity contribution in [2.24, 2.45) is 0 Å². The van der Waals surface area contributed by atoms with E-state index in [0.29, 0.717) is 18.5 Å². The van der Waals surface area contributed by atoms with Crippen molar-refractivity contribution in [3.05, 3.63) is 17.8 Å². The van der Waals surface area contributed by atoms with E-state index < -0.39 is 0 Å². The molecule has 0 aliphatic heterocycles. The van der Waals surface area contributed by atoms with Gasteiger partial charge in [-0.15, -0.1) is 11.3 Å². The van der Waals surface area contributed by atoms with E-state index in [2.05, 4.69) is 29.1 Å². The van der Waals surface area contributed by atoms with Crippen LogP contribution in [0.1, 0.15) is 13.8 Å². The van der Waals surface area contributed by atoms with Gasteiger partial charge < -0.3 is 10.1 Å². The van der Waals surface area contributed by atoms with Crippen LogP contribution in [0.25, 0.3) is 10.2 Å². The van der Waals surface area contributed by atoms with E-state index in [1.54, 1.807) is 17.7 Å². The number of thiophene rings is 1. The van der Waals surface area contributed by atoms with Gasteiger partial charge in [-0.2, -0.15) is 0 Å². The van der Waals surface area contributed by atoms with Crippen molar-refractivity contribution in [3.63, 3.8) is 0 Å². The first kappa shape index (κ1) is 11.3. The summed E-state index contributed by atoms with van der Waals surface area (Å²) in [5, 5.41) is 6.29. The minimum atomic E-state index is 0.482. The number of ether oxygens (including phenoxy) is 1. The van der Waals surface area contributed by atoms with Crippen LogP contribution in [-0.2, 0) is 0 Å². The second kappa shape index (κ2) is 5.23. The molecular formula is C11H15N3OS. The lowest BCUT2D eigenvalue weighted by molar-refractivity contribution is 0.301. The predicted octanol–water partition coefficient (Wildman–Crippen LogP) is 2.07. The largest absolute Gasteiger partial charge is 0.476 e. The highest BCUT2D eigenvalue weighted by Crippen LogP contribution is 2.25. The van der Waals surface area contributed by atoms with Crippen LogP contribution in [0.3, 0.4) is 0 Å². The molecule has 5 heteroatoms. The fourth-order valence-electron chi connectivity index (χ4n) is 1.38. The van der Waals surface area contributed by atoms with Gasteiger partial charge in [0.15, 0.2) is 0 Å². The van der Waals surface area contributed by atoms with Crippen LogP contribution in [0.2, 0.25) is 0 Å². The van der Waals surface area contributed by atoms with Gasteiger partial charge >= 0.3 is 0 Å². The van der Waals surface area contributed by atoms with Crippen LogP contribution in [0.5, 0.6) is 5.88 Å². The number of hydrogen-bond acceptors (Lipinski definition) is 5. The first-order valence-electron chi connectivity index (χ1n) is 5.32. The molecule has 0 amide bonds. The van der Waals surface area contributed by atoms with Crippen LogP contribution < -0.4 is 10.1 Å². The lowest BCUT2D eigenvalue weighted by Gasteiger charge is -2.09. The maximum absolute atomic E-state index is 5.62. The SMILES string of the molecule is CC(C)NCCOc1ncnc2sccc12. The zero-order chi connectivity index (χ0) is 11.4. The molecule has 2 aromatic rings. The van der Waals surface area contributed by atoms with Crippen LogP contribution >= 0.6 is 11.3 Å². The third-order valence-electron chi connectivity index (χ3n) is 2.12. The number of nitrogens with zero attached hydrogens (tertiary/aromatic N) is 2. The summed E-state index contributed by atoms with van der Waals surface area (Å²) in [5.41, 5.74) is 0. The molecule has 16 heavy (non-hydrogen) atoms. The standard InChI is InChI=1S/C11H15N3OS/c1-8(2)12-4-5-15-10-9-3-6-16-11(9)14-7-13-10/h3,6-8,12H,4-5H2,1-2H3. The fraction of sp³-hybridized carbons (Fsp3) is 0.455. The predicted molar refractivity (Wildman–Crippen MR) is 66.0 cm³/mol. The normalized spacial score (nSPS) is 11.2. The molecule has 0 fully saturated rings. The Morgan fingerprint density at radius 2 is 2.31 bits per heavy atom. The van der Waals surface area contributed by atoms with Crippen LogP contribution in [0.15, 0.2) is 17.8 Å². The Morgan fingerprint density at radius 1 is 1.44 bits per heavy atom. The second-order valence-corrected chi connectivity index (χ2v) is 4.67. The summed E-state index contributed by atoms with van der Waals surface area (Å²) in [5.74, 6) is 0.678. The van der Waals surface area contributed by atoms with Crippen molar-refractivity contribution in [3.8, 4) is 5.88 Å². The summed E-state index contributed by atoms with van der Waals surface area (Å²) in [6, 6.07) is 2.47. The molecule has 0 atom stereocenters. The molecule has 0 unspecified atom stereocenters. The van der Waals surface area contributed by atoms with E-state index >= 15 is 0 Å². The van der Waals surface area contributed by atoms with Gasteiger partial charge in [-0.25, -0.2) is 9.97 Å². The molecule has 4 nitrogen and oxygen atoms in total. The van der Waals surface area contributed by atoms with Crippen molar-refractivity contribution in [2.75, 3.05) is 13.2 Å². The van der Waals surface area contributed by atoms with Crippen molar-refractivity contribution in [1.29, 1.82) is 0 Å². The van der Waals surface area contributed by atoms with Gasteiger partial charge in [-0.1, -0.05) is 13.8 Å². The molecular weight excluding hydrogens is 222 g/mol. The lowest BCUT2D eigenvalue weighted by atomic mass is 10.4. The molecule has 0 aliphatic carbocycles. The smallest absolute Gasteiger partial charge is 0.225 e. The summed E-state index contributed by atoms with van der Waals surface area (Å²) >= 11 is 1.60. The Labute approximate surface area is 98.7 Å². The van der Waals surface area contributed by atoms with Gasteiger partial charge in [0.1, 0.15) is 17.8 Å². The second-order valence-electron chi connectivity index (χ2n) is 3.78. The van der Waals surface area contributed by atoms with Crippen molar-refractivity contribution >= 4 is 21.6 Å². The molecule has 0 saturated heterocycles. The van der Waals surface area contributed by atoms with Gasteiger partial charge in [0.05, 0.1) is 5.39 Å². The highest BCUT2D eigenvalue weighted by molar-refractivity contribution is 7.16. The van der Waals surface area contributed by atoms with E-state index in [9.17, 15) is 0 Å². The number of hydrogen-bond donors (Lipinski definition) is 1. The minimum Gasteiger partial charge on any atom is -0.476 e. The van der Waals surface area contributed by atoms with Crippen molar-refractivity contribution < 1.29 is 4.74 Å². The fourth-order valence-corrected chi connectivity index (χ4v) is 2.10. The molecule has 2 heterocycles. The highest BCUT2D eigenvalue weighted by Gasteiger charge is 2.05. The Bertz CT molecular complexity index is 455. The Balaban J connectivity index is 1.96. The lowest BCUT2D eigenvalue weighted by Crippen LogP contribution is -2.27. The quantitative estimate of drug-likeness (QED) is 0.809. The van der Waals surface area contributed by atoms with Crippen LogP contribution in [0, 0.1) is 0 Å². The Hall–Kier alpha value is -1.20. The Kier molecular flexibility index (Phi) is 3.69. The van der Waals surface area contributed by atoms with E-state index in [0.717, 1.165) is 16.8 Å². The molecule has 0 spiro atoms. The third kappa shape index (κ3) is 2.68. The van der Waals surface area contributed by atoms with E-state index in [1.807, 2.05) is 11.4 Å². The number of nitrogens with one attached hydrogen (secondary N) is 1. The molecule has 0 bridgehead atoms. The van der Waals surface area contributed by atoms with E-state index in [-0.39, 0.29) is 0 Å². The van der Waals surface area contributed by atoms with Gasteiger partial charge in [0.25, 0.3) is 0 Å². The minimum absolute atomic E-state index is 0.482. The first-order chi connectivity index (χ1) is 7.77. The molecule has 86 valence electrons. The molecule has 0 aromatic carbocycles. The molecule has 2 rings (SSSR count).